The SMILES string of the molecule is Cc1cc(NCCC2CCCCO2)c2cc(N)ccc2n1. The first kappa shape index (κ1) is 14.1. The highest BCUT2D eigenvalue weighted by molar-refractivity contribution is 5.93. The van der Waals surface area contributed by atoms with Crippen LogP contribution in [0.5, 0.6) is 0 Å². The van der Waals surface area contributed by atoms with Crippen molar-refractivity contribution in [2.75, 3.05) is 24.2 Å². The Kier molecular flexibility index (Phi) is 4.25. The van der Waals surface area contributed by atoms with Crippen LogP contribution < -0.4 is 11.1 Å². The zero-order valence-corrected chi connectivity index (χ0v) is 12.6. The fourth-order valence-electron chi connectivity index (χ4n) is 2.92. The lowest BCUT2D eigenvalue weighted by Crippen LogP contribution is -2.22. The van der Waals surface area contributed by atoms with Crippen molar-refractivity contribution < 1.29 is 4.74 Å². The maximum absolute atomic E-state index is 5.90. The normalized spacial score (nSPS) is 18.8. The first-order valence-electron chi connectivity index (χ1n) is 7.75. The van der Waals surface area contributed by atoms with Crippen molar-refractivity contribution in [1.82, 2.24) is 4.98 Å². The number of nitrogens with zero attached hydrogens (tertiary/aromatic N) is 1. The summed E-state index contributed by atoms with van der Waals surface area (Å²) in [6, 6.07) is 7.95. The monoisotopic (exact) mass is 285 g/mol. The molecular formula is C17H23N3O. The Morgan fingerprint density at radius 3 is 3.05 bits per heavy atom. The summed E-state index contributed by atoms with van der Waals surface area (Å²) in [6.45, 7) is 3.85. The smallest absolute Gasteiger partial charge is 0.0727 e. The fraction of sp³-hybridized carbons (Fsp3) is 0.471. The van der Waals surface area contributed by atoms with Crippen LogP contribution in [0.25, 0.3) is 10.9 Å². The summed E-state index contributed by atoms with van der Waals surface area (Å²) in [4.78, 5) is 4.56. The van der Waals surface area contributed by atoms with E-state index in [1.165, 1.54) is 19.3 Å². The van der Waals surface area contributed by atoms with Crippen LogP contribution in [0.15, 0.2) is 24.3 Å². The largest absolute Gasteiger partial charge is 0.399 e. The zero-order valence-electron chi connectivity index (χ0n) is 12.6. The second kappa shape index (κ2) is 6.31. The van der Waals surface area contributed by atoms with Gasteiger partial charge in [-0.3, -0.25) is 4.98 Å². The summed E-state index contributed by atoms with van der Waals surface area (Å²) in [5.74, 6) is 0. The Hall–Kier alpha value is -1.81. The second-order valence-corrected chi connectivity index (χ2v) is 5.79. The van der Waals surface area contributed by atoms with Gasteiger partial charge in [0.2, 0.25) is 0 Å². The molecule has 0 bridgehead atoms. The molecule has 0 amide bonds. The molecule has 3 rings (SSSR count). The quantitative estimate of drug-likeness (QED) is 0.844. The van der Waals surface area contributed by atoms with Crippen molar-refractivity contribution in [2.45, 2.75) is 38.7 Å². The first-order chi connectivity index (χ1) is 10.2. The fourth-order valence-corrected chi connectivity index (χ4v) is 2.92. The summed E-state index contributed by atoms with van der Waals surface area (Å²) in [5, 5.41) is 4.62. The molecule has 3 N–H and O–H groups in total. The number of benzene rings is 1. The van der Waals surface area contributed by atoms with Crippen molar-refractivity contribution in [1.29, 1.82) is 0 Å². The Labute approximate surface area is 125 Å². The van der Waals surface area contributed by atoms with Gasteiger partial charge in [0.25, 0.3) is 0 Å². The highest BCUT2D eigenvalue weighted by Crippen LogP contribution is 2.25. The molecule has 0 saturated carbocycles. The molecular weight excluding hydrogens is 262 g/mol. The number of rotatable bonds is 4. The number of fused-ring (bicyclic) bond motifs is 1. The minimum absolute atomic E-state index is 0.408. The van der Waals surface area contributed by atoms with Crippen molar-refractivity contribution >= 4 is 22.3 Å². The summed E-state index contributed by atoms with van der Waals surface area (Å²) in [6.07, 6.45) is 5.14. The molecule has 1 fully saturated rings. The standard InChI is InChI=1S/C17H23N3O/c1-12-10-17(15-11-13(18)5-6-16(15)20-12)19-8-7-14-4-2-3-9-21-14/h5-6,10-11,14H,2-4,7-9,18H2,1H3,(H,19,20). The molecule has 1 aromatic heterocycles. The van der Waals surface area contributed by atoms with Gasteiger partial charge in [-0.1, -0.05) is 0 Å². The van der Waals surface area contributed by atoms with Crippen LogP contribution in [0.3, 0.4) is 0 Å². The molecule has 1 unspecified atom stereocenters. The summed E-state index contributed by atoms with van der Waals surface area (Å²) >= 11 is 0. The average Bonchev–Trinajstić information content (AvgIpc) is 2.49. The van der Waals surface area contributed by atoms with E-state index in [2.05, 4.69) is 16.4 Å². The minimum atomic E-state index is 0.408. The van der Waals surface area contributed by atoms with Gasteiger partial charge < -0.3 is 15.8 Å². The maximum atomic E-state index is 5.90. The Balaban J connectivity index is 1.71. The molecule has 1 atom stereocenters. The molecule has 2 aromatic rings. The van der Waals surface area contributed by atoms with E-state index in [1.807, 2.05) is 25.1 Å². The number of anilines is 2. The highest BCUT2D eigenvalue weighted by atomic mass is 16.5. The molecule has 112 valence electrons. The number of aromatic nitrogens is 1. The van der Waals surface area contributed by atoms with E-state index in [9.17, 15) is 0 Å². The van der Waals surface area contributed by atoms with E-state index in [0.717, 1.165) is 47.5 Å². The van der Waals surface area contributed by atoms with Crippen LogP contribution in [0.2, 0.25) is 0 Å². The van der Waals surface area contributed by atoms with E-state index in [0.29, 0.717) is 6.10 Å². The number of nitrogen functional groups attached to an aromatic ring is 1. The molecule has 4 nitrogen and oxygen atoms in total. The molecule has 1 aliphatic rings. The third-order valence-corrected chi connectivity index (χ3v) is 4.02. The first-order valence-corrected chi connectivity index (χ1v) is 7.75. The highest BCUT2D eigenvalue weighted by Gasteiger charge is 2.13. The number of nitrogens with one attached hydrogen (secondary N) is 1. The lowest BCUT2D eigenvalue weighted by atomic mass is 10.1. The molecule has 1 saturated heterocycles. The van der Waals surface area contributed by atoms with Crippen LogP contribution in [0.1, 0.15) is 31.4 Å². The van der Waals surface area contributed by atoms with E-state index in [1.54, 1.807) is 0 Å². The molecule has 1 aliphatic heterocycles. The second-order valence-electron chi connectivity index (χ2n) is 5.79. The zero-order chi connectivity index (χ0) is 14.7. The molecule has 0 aliphatic carbocycles. The van der Waals surface area contributed by atoms with Crippen molar-refractivity contribution in [2.24, 2.45) is 0 Å². The lowest BCUT2D eigenvalue weighted by molar-refractivity contribution is 0.0134. The van der Waals surface area contributed by atoms with E-state index in [-0.39, 0.29) is 0 Å². The van der Waals surface area contributed by atoms with Gasteiger partial charge in [0.15, 0.2) is 0 Å². The van der Waals surface area contributed by atoms with Crippen molar-refractivity contribution in [3.8, 4) is 0 Å². The van der Waals surface area contributed by atoms with Crippen LogP contribution in [-0.2, 0) is 4.74 Å². The third-order valence-electron chi connectivity index (χ3n) is 4.02. The molecule has 2 heterocycles. The van der Waals surface area contributed by atoms with Gasteiger partial charge in [0.1, 0.15) is 0 Å². The summed E-state index contributed by atoms with van der Waals surface area (Å²) in [5.41, 5.74) is 9.79. The number of hydrogen-bond donors (Lipinski definition) is 2. The molecule has 0 spiro atoms. The minimum Gasteiger partial charge on any atom is -0.399 e. The topological polar surface area (TPSA) is 60.2 Å². The Morgan fingerprint density at radius 1 is 1.33 bits per heavy atom. The van der Waals surface area contributed by atoms with Crippen LogP contribution in [-0.4, -0.2) is 24.2 Å². The number of hydrogen-bond acceptors (Lipinski definition) is 4. The maximum Gasteiger partial charge on any atom is 0.0727 e. The van der Waals surface area contributed by atoms with Crippen LogP contribution >= 0.6 is 0 Å². The van der Waals surface area contributed by atoms with Gasteiger partial charge in [0.05, 0.1) is 11.6 Å². The summed E-state index contributed by atoms with van der Waals surface area (Å²) in [7, 11) is 0. The Bertz CT molecular complexity index is 621. The molecule has 21 heavy (non-hydrogen) atoms. The van der Waals surface area contributed by atoms with Crippen molar-refractivity contribution in [3.05, 3.63) is 30.0 Å². The van der Waals surface area contributed by atoms with Gasteiger partial charge >= 0.3 is 0 Å². The van der Waals surface area contributed by atoms with Gasteiger partial charge in [0, 0.05) is 35.6 Å². The molecule has 4 heteroatoms. The average molecular weight is 285 g/mol. The predicted molar refractivity (Wildman–Crippen MR) is 87.6 cm³/mol. The van der Waals surface area contributed by atoms with Crippen molar-refractivity contribution in [3.63, 3.8) is 0 Å². The third kappa shape index (κ3) is 3.45. The summed E-state index contributed by atoms with van der Waals surface area (Å²) < 4.78 is 5.77. The van der Waals surface area contributed by atoms with Gasteiger partial charge in [-0.15, -0.1) is 0 Å². The van der Waals surface area contributed by atoms with Gasteiger partial charge in [-0.25, -0.2) is 0 Å². The molecule has 1 aromatic carbocycles. The van der Waals surface area contributed by atoms with Crippen LogP contribution in [0.4, 0.5) is 11.4 Å². The number of aryl methyl sites for hydroxylation is 1. The predicted octanol–water partition coefficient (Wildman–Crippen LogP) is 3.50. The van der Waals surface area contributed by atoms with Gasteiger partial charge in [-0.2, -0.15) is 0 Å². The molecule has 0 radical (unpaired) electrons. The van der Waals surface area contributed by atoms with E-state index >= 15 is 0 Å². The van der Waals surface area contributed by atoms with E-state index < -0.39 is 0 Å². The number of pyridine rings is 1. The van der Waals surface area contributed by atoms with E-state index in [4.69, 9.17) is 10.5 Å². The van der Waals surface area contributed by atoms with Crippen LogP contribution in [0, 0.1) is 6.92 Å². The lowest BCUT2D eigenvalue weighted by Gasteiger charge is -2.23. The number of ether oxygens (including phenoxy) is 1. The number of nitrogens with two attached hydrogens (primary N) is 1. The Morgan fingerprint density at radius 2 is 2.24 bits per heavy atom. The van der Waals surface area contributed by atoms with Gasteiger partial charge in [-0.05, 0) is 56.9 Å².